The van der Waals surface area contributed by atoms with Gasteiger partial charge >= 0.3 is 6.18 Å². The highest BCUT2D eigenvalue weighted by Crippen LogP contribution is 2.34. The smallest absolute Gasteiger partial charge is 0.336 e. The molecule has 1 fully saturated rings. The summed E-state index contributed by atoms with van der Waals surface area (Å²) in [5, 5.41) is -1.51. The summed E-state index contributed by atoms with van der Waals surface area (Å²) < 4.78 is 38.1. The van der Waals surface area contributed by atoms with E-state index in [1.165, 1.54) is 12.1 Å². The topological polar surface area (TPSA) is 33.2 Å². The molecule has 2 heterocycles. The average Bonchev–Trinajstić information content (AvgIpc) is 2.36. The monoisotopic (exact) mass is 344 g/mol. The molecule has 0 spiro atoms. The van der Waals surface area contributed by atoms with Crippen LogP contribution in [0.2, 0.25) is 10.3 Å². The molecule has 1 amide bonds. The van der Waals surface area contributed by atoms with E-state index in [2.05, 4.69) is 4.98 Å². The van der Waals surface area contributed by atoms with Crippen LogP contribution in [0.25, 0.3) is 0 Å². The van der Waals surface area contributed by atoms with Gasteiger partial charge < -0.3 is 4.90 Å². The van der Waals surface area contributed by atoms with Crippen LogP contribution in [0.5, 0.6) is 0 Å². The summed E-state index contributed by atoms with van der Waals surface area (Å²) in [7, 11) is 0. The summed E-state index contributed by atoms with van der Waals surface area (Å²) in [5.74, 6) is -0.284. The number of aromatic nitrogens is 1. The summed E-state index contributed by atoms with van der Waals surface area (Å²) in [4.78, 5) is 17.0. The molecule has 9 heteroatoms. The van der Waals surface area contributed by atoms with Gasteiger partial charge in [-0.05, 0) is 12.1 Å². The Bertz CT molecular complexity index is 507. The maximum absolute atomic E-state index is 12.7. The first-order chi connectivity index (χ1) is 9.27. The van der Waals surface area contributed by atoms with Crippen molar-refractivity contribution in [1.82, 2.24) is 9.88 Å². The maximum atomic E-state index is 12.7. The van der Waals surface area contributed by atoms with E-state index in [9.17, 15) is 18.0 Å². The summed E-state index contributed by atoms with van der Waals surface area (Å²) >= 11 is 12.2. The molecular weight excluding hydrogens is 336 g/mol. The Morgan fingerprint density at radius 1 is 1.35 bits per heavy atom. The number of carbonyl (C=O) groups is 1. The van der Waals surface area contributed by atoms with Crippen molar-refractivity contribution >= 4 is 40.9 Å². The van der Waals surface area contributed by atoms with Crippen molar-refractivity contribution in [2.75, 3.05) is 18.8 Å². The third-order valence-electron chi connectivity index (χ3n) is 2.73. The van der Waals surface area contributed by atoms with Gasteiger partial charge in [0.1, 0.15) is 15.6 Å². The first-order valence-electron chi connectivity index (χ1n) is 5.58. The third-order valence-corrected chi connectivity index (χ3v) is 4.35. The fourth-order valence-electron chi connectivity index (χ4n) is 1.80. The van der Waals surface area contributed by atoms with Gasteiger partial charge in [-0.15, -0.1) is 11.8 Å². The Labute approximate surface area is 127 Å². The summed E-state index contributed by atoms with van der Waals surface area (Å²) in [5.41, 5.74) is 0.142. The highest BCUT2D eigenvalue weighted by Gasteiger charge is 2.43. The van der Waals surface area contributed by atoms with Gasteiger partial charge in [0.25, 0.3) is 5.91 Å². The molecular formula is C11H9Cl2F3N2OS. The first kappa shape index (κ1) is 15.7. The minimum atomic E-state index is -4.32. The van der Waals surface area contributed by atoms with E-state index in [1.807, 2.05) is 0 Å². The lowest BCUT2D eigenvalue weighted by molar-refractivity contribution is -0.131. The molecule has 1 saturated heterocycles. The van der Waals surface area contributed by atoms with Gasteiger partial charge in [-0.25, -0.2) is 4.98 Å². The Morgan fingerprint density at radius 3 is 2.50 bits per heavy atom. The maximum Gasteiger partial charge on any atom is 0.402 e. The number of carbonyl (C=O) groups excluding carboxylic acids is 1. The lowest BCUT2D eigenvalue weighted by Crippen LogP contribution is -2.47. The second-order valence-electron chi connectivity index (χ2n) is 4.15. The van der Waals surface area contributed by atoms with Crippen molar-refractivity contribution in [3.8, 4) is 0 Å². The van der Waals surface area contributed by atoms with Crippen molar-refractivity contribution in [3.05, 3.63) is 28.0 Å². The zero-order valence-electron chi connectivity index (χ0n) is 9.95. The molecule has 1 aliphatic heterocycles. The minimum Gasteiger partial charge on any atom is -0.336 e. The van der Waals surface area contributed by atoms with Crippen LogP contribution in [0.15, 0.2) is 12.1 Å². The highest BCUT2D eigenvalue weighted by molar-refractivity contribution is 8.00. The van der Waals surface area contributed by atoms with Gasteiger partial charge in [-0.3, -0.25) is 4.79 Å². The van der Waals surface area contributed by atoms with Crippen molar-refractivity contribution in [2.45, 2.75) is 11.4 Å². The van der Waals surface area contributed by atoms with Crippen LogP contribution in [-0.4, -0.2) is 46.1 Å². The van der Waals surface area contributed by atoms with Crippen LogP contribution >= 0.6 is 35.0 Å². The summed E-state index contributed by atoms with van der Waals surface area (Å²) in [6.45, 7) is -0.113. The van der Waals surface area contributed by atoms with Crippen LogP contribution in [0.4, 0.5) is 13.2 Å². The van der Waals surface area contributed by atoms with Gasteiger partial charge in [-0.2, -0.15) is 13.2 Å². The molecule has 0 aromatic carbocycles. The van der Waals surface area contributed by atoms with E-state index >= 15 is 0 Å². The number of alkyl halides is 3. The molecule has 3 nitrogen and oxygen atoms in total. The molecule has 0 aliphatic carbocycles. The Morgan fingerprint density at radius 2 is 1.95 bits per heavy atom. The zero-order chi connectivity index (χ0) is 14.9. The lowest BCUT2D eigenvalue weighted by Gasteiger charge is -2.33. The Hall–Kier alpha value is -0.660. The van der Waals surface area contributed by atoms with Crippen LogP contribution in [0.1, 0.15) is 10.4 Å². The van der Waals surface area contributed by atoms with Crippen LogP contribution in [0, 0.1) is 0 Å². The highest BCUT2D eigenvalue weighted by atomic mass is 35.5. The molecule has 1 aromatic rings. The Kier molecular flexibility index (Phi) is 4.71. The van der Waals surface area contributed by atoms with Gasteiger partial charge in [0, 0.05) is 24.4 Å². The quantitative estimate of drug-likeness (QED) is 0.731. The molecule has 2 rings (SSSR count). The zero-order valence-corrected chi connectivity index (χ0v) is 12.3. The summed E-state index contributed by atoms with van der Waals surface area (Å²) in [6, 6.07) is 2.58. The predicted octanol–water partition coefficient (Wildman–Crippen LogP) is 3.51. The molecule has 0 saturated carbocycles. The van der Waals surface area contributed by atoms with Crippen LogP contribution < -0.4 is 0 Å². The van der Waals surface area contributed by atoms with E-state index < -0.39 is 17.3 Å². The predicted molar refractivity (Wildman–Crippen MR) is 72.5 cm³/mol. The fraction of sp³-hybridized carbons (Fsp3) is 0.455. The minimum absolute atomic E-state index is 0.0274. The van der Waals surface area contributed by atoms with Crippen LogP contribution in [0.3, 0.4) is 0 Å². The van der Waals surface area contributed by atoms with E-state index in [4.69, 9.17) is 23.2 Å². The largest absolute Gasteiger partial charge is 0.402 e. The fourth-order valence-corrected chi connectivity index (χ4v) is 3.35. The molecule has 20 heavy (non-hydrogen) atoms. The molecule has 110 valence electrons. The molecule has 0 N–H and O–H groups in total. The number of thioether (sulfide) groups is 1. The average molecular weight is 345 g/mol. The van der Waals surface area contributed by atoms with Gasteiger partial charge in [0.2, 0.25) is 0 Å². The molecule has 0 radical (unpaired) electrons. The third kappa shape index (κ3) is 3.71. The van der Waals surface area contributed by atoms with Gasteiger partial charge in [-0.1, -0.05) is 23.2 Å². The summed E-state index contributed by atoms with van der Waals surface area (Å²) in [6.07, 6.45) is -4.32. The SMILES string of the molecule is O=C(c1cc(Cl)nc(Cl)c1)N1CCSC(C(F)(F)F)C1. The number of nitrogens with zero attached hydrogens (tertiary/aromatic N) is 2. The normalized spacial score (nSPS) is 20.1. The number of rotatable bonds is 1. The van der Waals surface area contributed by atoms with Gasteiger partial charge in [0.15, 0.2) is 0 Å². The second-order valence-corrected chi connectivity index (χ2v) is 6.24. The number of amides is 1. The van der Waals surface area contributed by atoms with Crippen molar-refractivity contribution in [2.24, 2.45) is 0 Å². The van der Waals surface area contributed by atoms with Crippen molar-refractivity contribution < 1.29 is 18.0 Å². The molecule has 1 aliphatic rings. The molecule has 1 atom stereocenters. The van der Waals surface area contributed by atoms with E-state index in [0.29, 0.717) is 0 Å². The van der Waals surface area contributed by atoms with Crippen molar-refractivity contribution in [3.63, 3.8) is 0 Å². The van der Waals surface area contributed by atoms with Crippen molar-refractivity contribution in [1.29, 1.82) is 0 Å². The standard InChI is InChI=1S/C11H9Cl2F3N2OS/c12-8-3-6(4-9(13)17-8)10(19)18-1-2-20-7(5-18)11(14,15)16/h3-4,7H,1-2,5H2. The number of pyridine rings is 1. The second kappa shape index (κ2) is 5.99. The van der Waals surface area contributed by atoms with Gasteiger partial charge in [0.05, 0.1) is 0 Å². The number of hydrogen-bond acceptors (Lipinski definition) is 3. The Balaban J connectivity index is 2.16. The molecule has 1 unspecified atom stereocenters. The molecule has 1 aromatic heterocycles. The number of halogens is 5. The lowest BCUT2D eigenvalue weighted by atomic mass is 10.2. The van der Waals surface area contributed by atoms with E-state index in [0.717, 1.165) is 16.7 Å². The first-order valence-corrected chi connectivity index (χ1v) is 7.38. The number of hydrogen-bond donors (Lipinski definition) is 0. The van der Waals surface area contributed by atoms with E-state index in [1.54, 1.807) is 0 Å². The van der Waals surface area contributed by atoms with Crippen LogP contribution in [-0.2, 0) is 0 Å². The molecule has 0 bridgehead atoms. The van der Waals surface area contributed by atoms with E-state index in [-0.39, 0.29) is 34.7 Å².